The van der Waals surface area contributed by atoms with Crippen LogP contribution in [0, 0.1) is 0 Å². The third-order valence-corrected chi connectivity index (χ3v) is 4.13. The van der Waals surface area contributed by atoms with Crippen LogP contribution in [0.5, 0.6) is 0 Å². The van der Waals surface area contributed by atoms with Gasteiger partial charge in [0.25, 0.3) is 0 Å². The molecule has 0 atom stereocenters. The zero-order valence-corrected chi connectivity index (χ0v) is 9.91. The first-order valence-electron chi connectivity index (χ1n) is 3.83. The van der Waals surface area contributed by atoms with Crippen molar-refractivity contribution in [2.75, 3.05) is 6.61 Å². The predicted molar refractivity (Wildman–Crippen MR) is 55.0 cm³/mol. The summed E-state index contributed by atoms with van der Waals surface area (Å²) in [6, 6.07) is 0. The first-order chi connectivity index (χ1) is 6.09. The van der Waals surface area contributed by atoms with E-state index < -0.39 is 26.6 Å². The predicted octanol–water partition coefficient (Wildman–Crippen LogP) is 2.09. The molecule has 0 heterocycles. The van der Waals surface area contributed by atoms with E-state index in [0.717, 1.165) is 0 Å². The van der Waals surface area contributed by atoms with Crippen molar-refractivity contribution in [3.8, 4) is 0 Å². The summed E-state index contributed by atoms with van der Waals surface area (Å²) in [6.45, 7) is 7.55. The quantitative estimate of drug-likeness (QED) is 0.709. The van der Waals surface area contributed by atoms with Gasteiger partial charge in [0.2, 0.25) is 0 Å². The molecule has 0 N–H and O–H groups in total. The molecule has 6 heteroatoms. The third-order valence-electron chi connectivity index (χ3n) is 1.53. The lowest BCUT2D eigenvalue weighted by Crippen LogP contribution is -2.30. The Morgan fingerprint density at radius 2 is 1.86 bits per heavy atom. The highest BCUT2D eigenvalue weighted by molar-refractivity contribution is 7.96. The van der Waals surface area contributed by atoms with E-state index in [2.05, 4.69) is 11.3 Å². The molecule has 4 nitrogen and oxygen atoms in total. The van der Waals surface area contributed by atoms with Crippen molar-refractivity contribution in [3.05, 3.63) is 11.5 Å². The van der Waals surface area contributed by atoms with Gasteiger partial charge in [0.1, 0.15) is 6.61 Å². The molecule has 0 aliphatic rings. The summed E-state index contributed by atoms with van der Waals surface area (Å²) in [5.41, 5.74) is -1.05. The van der Waals surface area contributed by atoms with E-state index in [1.54, 1.807) is 0 Å². The minimum atomic E-state index is -3.50. The van der Waals surface area contributed by atoms with E-state index in [1.807, 2.05) is 0 Å². The number of sulfone groups is 1. The molecule has 0 radical (unpaired) electrons. The van der Waals surface area contributed by atoms with Crippen LogP contribution in [0.2, 0.25) is 0 Å². The molecule has 82 valence electrons. The van der Waals surface area contributed by atoms with Crippen LogP contribution in [-0.4, -0.2) is 25.2 Å². The van der Waals surface area contributed by atoms with E-state index in [4.69, 9.17) is 11.6 Å². The van der Waals surface area contributed by atoms with Crippen molar-refractivity contribution in [2.24, 2.45) is 0 Å². The Labute approximate surface area is 88.8 Å². The topological polar surface area (TPSA) is 60.4 Å². The lowest BCUT2D eigenvalue weighted by atomic mass is 10.3. The van der Waals surface area contributed by atoms with Crippen LogP contribution in [0.15, 0.2) is 11.5 Å². The van der Waals surface area contributed by atoms with Gasteiger partial charge in [-0.1, -0.05) is 6.58 Å². The second kappa shape index (κ2) is 4.31. The van der Waals surface area contributed by atoms with E-state index in [-0.39, 0.29) is 4.91 Å². The first kappa shape index (κ1) is 13.4. The average Bonchev–Trinajstić information content (AvgIpc) is 1.97. The highest BCUT2D eigenvalue weighted by atomic mass is 35.5. The molecule has 0 unspecified atom stereocenters. The van der Waals surface area contributed by atoms with Gasteiger partial charge in [0, 0.05) is 11.6 Å². The molecule has 0 spiro atoms. The maximum atomic E-state index is 11.6. The molecule has 0 saturated carbocycles. The Bertz CT molecular complexity index is 337. The van der Waals surface area contributed by atoms with Crippen LogP contribution in [-0.2, 0) is 14.6 Å². The van der Waals surface area contributed by atoms with Gasteiger partial charge in [0.15, 0.2) is 9.84 Å². The van der Waals surface area contributed by atoms with Gasteiger partial charge < -0.3 is 4.74 Å². The second-order valence-electron chi connectivity index (χ2n) is 3.68. The third kappa shape index (κ3) is 3.31. The highest BCUT2D eigenvalue weighted by Crippen LogP contribution is 2.22. The molecule has 0 aliphatic heterocycles. The molecule has 0 aromatic rings. The summed E-state index contributed by atoms with van der Waals surface area (Å²) in [6.07, 6.45) is 0. The van der Waals surface area contributed by atoms with E-state index in [9.17, 15) is 13.2 Å². The van der Waals surface area contributed by atoms with Gasteiger partial charge >= 0.3 is 5.43 Å². The molecule has 0 amide bonds. The summed E-state index contributed by atoms with van der Waals surface area (Å²) in [5, 5.41) is 0. The summed E-state index contributed by atoms with van der Waals surface area (Å²) < 4.78 is 26.6. The molecule has 0 aliphatic carbocycles. The number of carbonyl (C=O) groups is 1. The largest absolute Gasteiger partial charge is 0.448 e. The van der Waals surface area contributed by atoms with Gasteiger partial charge in [-0.05, 0) is 20.8 Å². The van der Waals surface area contributed by atoms with E-state index >= 15 is 0 Å². The van der Waals surface area contributed by atoms with Crippen molar-refractivity contribution >= 4 is 26.9 Å². The molecule has 0 fully saturated rings. The monoisotopic (exact) mass is 240 g/mol. The molecule has 0 rings (SSSR count). The molecule has 14 heavy (non-hydrogen) atoms. The smallest absolute Gasteiger partial charge is 0.404 e. The number of hydrogen-bond acceptors (Lipinski definition) is 4. The molecule has 0 aromatic heterocycles. The van der Waals surface area contributed by atoms with Crippen molar-refractivity contribution in [1.82, 2.24) is 0 Å². The minimum absolute atomic E-state index is 0.154. The molecular weight excluding hydrogens is 228 g/mol. The van der Waals surface area contributed by atoms with Gasteiger partial charge in [-0.25, -0.2) is 13.2 Å². The van der Waals surface area contributed by atoms with Crippen molar-refractivity contribution in [1.29, 1.82) is 0 Å². The minimum Gasteiger partial charge on any atom is -0.448 e. The Kier molecular flexibility index (Phi) is 4.15. The Morgan fingerprint density at radius 1 is 1.43 bits per heavy atom. The van der Waals surface area contributed by atoms with E-state index in [0.29, 0.717) is 0 Å². The number of ether oxygens (including phenoxy) is 1. The van der Waals surface area contributed by atoms with Crippen molar-refractivity contribution in [3.63, 3.8) is 0 Å². The Morgan fingerprint density at radius 3 is 2.14 bits per heavy atom. The normalized spacial score (nSPS) is 12.3. The van der Waals surface area contributed by atoms with Gasteiger partial charge in [0.05, 0.1) is 9.65 Å². The number of halogens is 1. The Hall–Kier alpha value is -0.550. The van der Waals surface area contributed by atoms with Crippen LogP contribution < -0.4 is 0 Å². The fraction of sp³-hybridized carbons (Fsp3) is 0.625. The van der Waals surface area contributed by atoms with Crippen LogP contribution in [0.25, 0.3) is 0 Å². The number of carbonyl (C=O) groups excluding carboxylic acids is 1. The van der Waals surface area contributed by atoms with Crippen molar-refractivity contribution in [2.45, 2.75) is 25.5 Å². The zero-order chi connectivity index (χ0) is 11.6. The van der Waals surface area contributed by atoms with Crippen LogP contribution in [0.3, 0.4) is 0 Å². The highest BCUT2D eigenvalue weighted by Gasteiger charge is 2.32. The average molecular weight is 241 g/mol. The standard InChI is InChI=1S/C8H13ClO4S/c1-6(5-13-7(9)10)14(11,12)8(2,3)4/h1,5H2,2-4H3. The maximum absolute atomic E-state index is 11.6. The summed E-state index contributed by atoms with van der Waals surface area (Å²) in [5.74, 6) is 0. The summed E-state index contributed by atoms with van der Waals surface area (Å²) in [7, 11) is -3.50. The van der Waals surface area contributed by atoms with Gasteiger partial charge in [-0.3, -0.25) is 0 Å². The molecular formula is C8H13ClO4S. The second-order valence-corrected chi connectivity index (χ2v) is 6.80. The summed E-state index contributed by atoms with van der Waals surface area (Å²) in [4.78, 5) is 10.1. The van der Waals surface area contributed by atoms with Gasteiger partial charge in [-0.15, -0.1) is 0 Å². The SMILES string of the molecule is C=C(COC(=O)Cl)S(=O)(=O)C(C)(C)C. The zero-order valence-electron chi connectivity index (χ0n) is 8.33. The van der Waals surface area contributed by atoms with Crippen molar-refractivity contribution < 1.29 is 17.9 Å². The van der Waals surface area contributed by atoms with Gasteiger partial charge in [-0.2, -0.15) is 0 Å². The first-order valence-corrected chi connectivity index (χ1v) is 5.70. The summed E-state index contributed by atoms with van der Waals surface area (Å²) >= 11 is 4.89. The lowest BCUT2D eigenvalue weighted by molar-refractivity contribution is 0.185. The molecule has 0 bridgehead atoms. The number of rotatable bonds is 3. The lowest BCUT2D eigenvalue weighted by Gasteiger charge is -2.20. The number of hydrogen-bond donors (Lipinski definition) is 0. The maximum Gasteiger partial charge on any atom is 0.404 e. The molecule has 0 aromatic carbocycles. The van der Waals surface area contributed by atoms with Crippen LogP contribution >= 0.6 is 11.6 Å². The fourth-order valence-corrected chi connectivity index (χ4v) is 1.78. The van der Waals surface area contributed by atoms with Crippen LogP contribution in [0.4, 0.5) is 4.79 Å². The van der Waals surface area contributed by atoms with Crippen LogP contribution in [0.1, 0.15) is 20.8 Å². The fourth-order valence-electron chi connectivity index (χ4n) is 0.648. The Balaban J connectivity index is 4.64. The molecule has 0 saturated heterocycles. The van der Waals surface area contributed by atoms with E-state index in [1.165, 1.54) is 20.8 Å².